The first-order valence-electron chi connectivity index (χ1n) is 10.4. The third kappa shape index (κ3) is 4.73. The van der Waals surface area contributed by atoms with Crippen molar-refractivity contribution in [2.45, 2.75) is 60.0 Å². The molecule has 0 saturated heterocycles. The van der Waals surface area contributed by atoms with Gasteiger partial charge in [0, 0.05) is 12.7 Å². The number of amides is 1. The summed E-state index contributed by atoms with van der Waals surface area (Å²) in [5.41, 5.74) is 5.65. The Balaban J connectivity index is 0.000000660. The standard InChI is InChI=1S/C19H20ClN3O.2C2H6/c1-12-16-9-18(20)22-10-17(16)19(24)23(12)11-13-2-3-14-4-6-21-7-5-15(14)8-13;2*1-2/h2-3,8-10,12,21H,4-7,11H2,1H3;2*1-2H3. The van der Waals surface area contributed by atoms with Gasteiger partial charge in [-0.25, -0.2) is 4.98 Å². The molecule has 1 N–H and O–H groups in total. The Morgan fingerprint density at radius 3 is 2.50 bits per heavy atom. The number of pyridine rings is 1. The van der Waals surface area contributed by atoms with Crippen molar-refractivity contribution in [3.05, 3.63) is 63.4 Å². The number of halogens is 1. The van der Waals surface area contributed by atoms with Crippen LogP contribution < -0.4 is 5.32 Å². The maximum Gasteiger partial charge on any atom is 0.256 e. The minimum atomic E-state index is 0.0217. The van der Waals surface area contributed by atoms with Gasteiger partial charge in [0.2, 0.25) is 0 Å². The lowest BCUT2D eigenvalue weighted by Crippen LogP contribution is -2.26. The molecule has 2 aliphatic heterocycles. The molecule has 1 amide bonds. The smallest absolute Gasteiger partial charge is 0.256 e. The number of fused-ring (bicyclic) bond motifs is 2. The molecule has 4 rings (SSSR count). The van der Waals surface area contributed by atoms with Crippen LogP contribution in [0, 0.1) is 0 Å². The van der Waals surface area contributed by atoms with Gasteiger partial charge in [0.15, 0.2) is 0 Å². The monoisotopic (exact) mass is 401 g/mol. The highest BCUT2D eigenvalue weighted by molar-refractivity contribution is 6.29. The fraction of sp³-hybridized carbons (Fsp3) is 0.478. The van der Waals surface area contributed by atoms with E-state index in [1.807, 2.05) is 45.6 Å². The van der Waals surface area contributed by atoms with Crippen molar-refractivity contribution < 1.29 is 4.79 Å². The molecule has 152 valence electrons. The molecule has 1 atom stereocenters. The topological polar surface area (TPSA) is 45.2 Å². The van der Waals surface area contributed by atoms with Gasteiger partial charge in [-0.15, -0.1) is 0 Å². The molecule has 4 nitrogen and oxygen atoms in total. The van der Waals surface area contributed by atoms with Gasteiger partial charge in [0.05, 0.1) is 11.6 Å². The second-order valence-corrected chi connectivity index (χ2v) is 6.94. The second kappa shape index (κ2) is 10.6. The highest BCUT2D eigenvalue weighted by Gasteiger charge is 2.34. The van der Waals surface area contributed by atoms with Gasteiger partial charge in [0.25, 0.3) is 5.91 Å². The predicted molar refractivity (Wildman–Crippen MR) is 117 cm³/mol. The van der Waals surface area contributed by atoms with E-state index < -0.39 is 0 Å². The number of hydrogen-bond donors (Lipinski definition) is 1. The van der Waals surface area contributed by atoms with Crippen LogP contribution in [0.4, 0.5) is 0 Å². The molecule has 0 aliphatic carbocycles. The van der Waals surface area contributed by atoms with Gasteiger partial charge in [-0.1, -0.05) is 57.5 Å². The minimum absolute atomic E-state index is 0.0217. The molecule has 28 heavy (non-hydrogen) atoms. The van der Waals surface area contributed by atoms with Gasteiger partial charge in [0.1, 0.15) is 5.15 Å². The van der Waals surface area contributed by atoms with Gasteiger partial charge in [-0.05, 0) is 61.2 Å². The summed E-state index contributed by atoms with van der Waals surface area (Å²) in [5.74, 6) is 0.0401. The van der Waals surface area contributed by atoms with Gasteiger partial charge >= 0.3 is 0 Å². The molecule has 1 unspecified atom stereocenters. The number of hydrogen-bond acceptors (Lipinski definition) is 3. The number of aromatic nitrogens is 1. The van der Waals surface area contributed by atoms with Crippen LogP contribution in [0.25, 0.3) is 0 Å². The van der Waals surface area contributed by atoms with Crippen LogP contribution in [0.3, 0.4) is 0 Å². The van der Waals surface area contributed by atoms with E-state index in [2.05, 4.69) is 28.5 Å². The van der Waals surface area contributed by atoms with Crippen LogP contribution in [0.2, 0.25) is 5.15 Å². The molecular weight excluding hydrogens is 370 g/mol. The van der Waals surface area contributed by atoms with E-state index in [0.717, 1.165) is 31.5 Å². The number of carbonyl (C=O) groups is 1. The zero-order chi connectivity index (χ0) is 20.7. The second-order valence-electron chi connectivity index (χ2n) is 6.56. The lowest BCUT2D eigenvalue weighted by molar-refractivity contribution is 0.0722. The Morgan fingerprint density at radius 1 is 1.11 bits per heavy atom. The summed E-state index contributed by atoms with van der Waals surface area (Å²) in [6, 6.07) is 8.46. The third-order valence-electron chi connectivity index (χ3n) is 5.08. The zero-order valence-electron chi connectivity index (χ0n) is 17.7. The molecule has 1 aromatic carbocycles. The average Bonchev–Trinajstić information content (AvgIpc) is 2.90. The fourth-order valence-corrected chi connectivity index (χ4v) is 3.86. The van der Waals surface area contributed by atoms with Crippen LogP contribution in [0.1, 0.15) is 73.3 Å². The largest absolute Gasteiger partial charge is 0.327 e. The van der Waals surface area contributed by atoms with Gasteiger partial charge in [-0.3, -0.25) is 4.79 Å². The van der Waals surface area contributed by atoms with Crippen molar-refractivity contribution in [1.82, 2.24) is 15.2 Å². The van der Waals surface area contributed by atoms with E-state index in [1.165, 1.54) is 16.7 Å². The molecule has 0 radical (unpaired) electrons. The van der Waals surface area contributed by atoms with Crippen molar-refractivity contribution in [3.8, 4) is 0 Å². The summed E-state index contributed by atoms with van der Waals surface area (Å²) in [7, 11) is 0. The molecule has 0 bridgehead atoms. The molecule has 1 aromatic heterocycles. The van der Waals surface area contributed by atoms with Crippen LogP contribution in [-0.2, 0) is 19.4 Å². The molecule has 2 aliphatic rings. The Hall–Kier alpha value is -1.91. The Labute approximate surface area is 174 Å². The zero-order valence-corrected chi connectivity index (χ0v) is 18.4. The van der Waals surface area contributed by atoms with Crippen LogP contribution in [0.5, 0.6) is 0 Å². The summed E-state index contributed by atoms with van der Waals surface area (Å²) >= 11 is 5.99. The predicted octanol–water partition coefficient (Wildman–Crippen LogP) is 5.19. The molecule has 0 spiro atoms. The van der Waals surface area contributed by atoms with E-state index in [-0.39, 0.29) is 11.9 Å². The number of carbonyl (C=O) groups excluding carboxylic acids is 1. The van der Waals surface area contributed by atoms with Gasteiger partial charge in [-0.2, -0.15) is 0 Å². The van der Waals surface area contributed by atoms with E-state index in [4.69, 9.17) is 11.6 Å². The lowest BCUT2D eigenvalue weighted by atomic mass is 9.99. The van der Waals surface area contributed by atoms with Gasteiger partial charge < -0.3 is 10.2 Å². The summed E-state index contributed by atoms with van der Waals surface area (Å²) in [5, 5.41) is 3.87. The van der Waals surface area contributed by atoms with Crippen molar-refractivity contribution >= 4 is 17.5 Å². The van der Waals surface area contributed by atoms with E-state index in [9.17, 15) is 4.79 Å². The van der Waals surface area contributed by atoms with Crippen LogP contribution in [0.15, 0.2) is 30.5 Å². The molecule has 0 fully saturated rings. The Bertz CT molecular complexity index is 806. The quantitative estimate of drug-likeness (QED) is 0.704. The fourth-order valence-electron chi connectivity index (χ4n) is 3.70. The molecule has 3 heterocycles. The normalized spacial score (nSPS) is 17.4. The van der Waals surface area contributed by atoms with Crippen LogP contribution in [-0.4, -0.2) is 28.9 Å². The minimum Gasteiger partial charge on any atom is -0.327 e. The first kappa shape index (κ1) is 22.4. The summed E-state index contributed by atoms with van der Waals surface area (Å²) in [4.78, 5) is 18.7. The summed E-state index contributed by atoms with van der Waals surface area (Å²) in [6.07, 6.45) is 3.72. The third-order valence-corrected chi connectivity index (χ3v) is 5.28. The van der Waals surface area contributed by atoms with Crippen molar-refractivity contribution in [3.63, 3.8) is 0 Å². The SMILES string of the molecule is CC.CC.CC1c2cc(Cl)ncc2C(=O)N1Cc1ccc2c(c1)CCNCC2. The lowest BCUT2D eigenvalue weighted by Gasteiger charge is -2.22. The first-order chi connectivity index (χ1) is 13.6. The van der Waals surface area contributed by atoms with E-state index in [0.29, 0.717) is 17.3 Å². The maximum atomic E-state index is 12.7. The van der Waals surface area contributed by atoms with Crippen molar-refractivity contribution in [2.75, 3.05) is 13.1 Å². The molecule has 2 aromatic rings. The first-order valence-corrected chi connectivity index (χ1v) is 10.8. The van der Waals surface area contributed by atoms with Crippen molar-refractivity contribution in [2.24, 2.45) is 0 Å². The van der Waals surface area contributed by atoms with Crippen molar-refractivity contribution in [1.29, 1.82) is 0 Å². The highest BCUT2D eigenvalue weighted by Crippen LogP contribution is 2.35. The molecule has 0 saturated carbocycles. The van der Waals surface area contributed by atoms with E-state index >= 15 is 0 Å². The number of rotatable bonds is 2. The Morgan fingerprint density at radius 2 is 1.79 bits per heavy atom. The average molecular weight is 402 g/mol. The Kier molecular flexibility index (Phi) is 8.46. The number of nitrogens with one attached hydrogen (secondary N) is 1. The van der Waals surface area contributed by atoms with Crippen LogP contribution >= 0.6 is 11.6 Å². The highest BCUT2D eigenvalue weighted by atomic mass is 35.5. The number of nitrogens with zero attached hydrogens (tertiary/aromatic N) is 2. The maximum absolute atomic E-state index is 12.7. The molecular formula is C23H32ClN3O. The molecule has 5 heteroatoms. The summed E-state index contributed by atoms with van der Waals surface area (Å²) < 4.78 is 0. The summed E-state index contributed by atoms with van der Waals surface area (Å²) in [6.45, 7) is 12.7. The number of benzene rings is 1. The van der Waals surface area contributed by atoms with E-state index in [1.54, 1.807) is 6.20 Å².